The van der Waals surface area contributed by atoms with Gasteiger partial charge in [0, 0.05) is 17.1 Å². The van der Waals surface area contributed by atoms with Gasteiger partial charge in [-0.1, -0.05) is 29.8 Å². The molecule has 0 radical (unpaired) electrons. The number of sulfonamides is 1. The molecule has 19 heavy (non-hydrogen) atoms. The highest BCUT2D eigenvalue weighted by Crippen LogP contribution is 2.24. The molecule has 0 saturated heterocycles. The maximum Gasteiger partial charge on any atom is 0.246 e. The number of rotatable bonds is 5. The summed E-state index contributed by atoms with van der Waals surface area (Å²) in [6.45, 7) is 7.81. The van der Waals surface area contributed by atoms with Gasteiger partial charge in [0.2, 0.25) is 10.0 Å². The molecular weight excluding hydrogens is 333 g/mol. The Morgan fingerprint density at radius 3 is 2.26 bits per heavy atom. The summed E-state index contributed by atoms with van der Waals surface area (Å²) in [5.74, 6) is -0.556. The molecule has 0 heterocycles. The Hall–Kier alpha value is -0.460. The SMILES string of the molecule is CC(C)CN(C(C)C)S(=O)(=O)c1ccc(Br)cc1F. The Labute approximate surface area is 123 Å². The average molecular weight is 352 g/mol. The second-order valence-electron chi connectivity index (χ2n) is 5.14. The molecule has 0 bridgehead atoms. The van der Waals surface area contributed by atoms with Crippen LogP contribution in [0.2, 0.25) is 0 Å². The molecular formula is C13H19BrFNO2S. The third kappa shape index (κ3) is 4.00. The van der Waals surface area contributed by atoms with Crippen LogP contribution >= 0.6 is 15.9 Å². The standard InChI is InChI=1S/C13H19BrFNO2S/c1-9(2)8-16(10(3)4)19(17,18)13-6-5-11(14)7-12(13)15/h5-7,9-10H,8H2,1-4H3. The number of halogens is 2. The van der Waals surface area contributed by atoms with Crippen LogP contribution in [-0.2, 0) is 10.0 Å². The first-order valence-electron chi connectivity index (χ1n) is 6.13. The van der Waals surface area contributed by atoms with Crippen molar-refractivity contribution in [3.8, 4) is 0 Å². The molecule has 0 aromatic heterocycles. The van der Waals surface area contributed by atoms with Gasteiger partial charge < -0.3 is 0 Å². The fourth-order valence-corrected chi connectivity index (χ4v) is 3.94. The van der Waals surface area contributed by atoms with Crippen LogP contribution in [-0.4, -0.2) is 25.3 Å². The van der Waals surface area contributed by atoms with Crippen LogP contribution in [0.1, 0.15) is 27.7 Å². The Balaban J connectivity index is 3.27. The monoisotopic (exact) mass is 351 g/mol. The molecule has 1 rings (SSSR count). The molecule has 108 valence electrons. The van der Waals surface area contributed by atoms with E-state index in [1.165, 1.54) is 22.5 Å². The summed E-state index contributed by atoms with van der Waals surface area (Å²) in [6.07, 6.45) is 0. The van der Waals surface area contributed by atoms with E-state index in [0.29, 0.717) is 11.0 Å². The van der Waals surface area contributed by atoms with E-state index < -0.39 is 15.8 Å². The second kappa shape index (κ2) is 6.33. The van der Waals surface area contributed by atoms with Crippen molar-refractivity contribution in [2.45, 2.75) is 38.6 Å². The van der Waals surface area contributed by atoms with E-state index in [4.69, 9.17) is 0 Å². The number of nitrogens with zero attached hydrogens (tertiary/aromatic N) is 1. The summed E-state index contributed by atoms with van der Waals surface area (Å²) in [4.78, 5) is -0.273. The molecule has 1 aromatic rings. The third-order valence-corrected chi connectivity index (χ3v) is 5.17. The highest BCUT2D eigenvalue weighted by molar-refractivity contribution is 9.10. The van der Waals surface area contributed by atoms with Crippen molar-refractivity contribution < 1.29 is 12.8 Å². The molecule has 0 aliphatic heterocycles. The first-order chi connectivity index (χ1) is 8.66. The van der Waals surface area contributed by atoms with Crippen molar-refractivity contribution in [3.05, 3.63) is 28.5 Å². The van der Waals surface area contributed by atoms with Crippen molar-refractivity contribution in [3.63, 3.8) is 0 Å². The summed E-state index contributed by atoms with van der Waals surface area (Å²) < 4.78 is 40.8. The van der Waals surface area contributed by atoms with Crippen molar-refractivity contribution in [1.29, 1.82) is 0 Å². The fourth-order valence-electron chi connectivity index (χ4n) is 1.76. The molecule has 0 aliphatic rings. The van der Waals surface area contributed by atoms with Gasteiger partial charge in [-0.2, -0.15) is 4.31 Å². The molecule has 0 amide bonds. The van der Waals surface area contributed by atoms with Crippen LogP contribution in [0, 0.1) is 11.7 Å². The van der Waals surface area contributed by atoms with Gasteiger partial charge in [0.15, 0.2) is 0 Å². The van der Waals surface area contributed by atoms with Crippen molar-refractivity contribution in [1.82, 2.24) is 4.31 Å². The highest BCUT2D eigenvalue weighted by atomic mass is 79.9. The van der Waals surface area contributed by atoms with Gasteiger partial charge in [0.05, 0.1) is 0 Å². The van der Waals surface area contributed by atoms with Crippen molar-refractivity contribution in [2.75, 3.05) is 6.54 Å². The van der Waals surface area contributed by atoms with Crippen molar-refractivity contribution in [2.24, 2.45) is 5.92 Å². The Morgan fingerprint density at radius 1 is 1.26 bits per heavy atom. The van der Waals surface area contributed by atoms with Gasteiger partial charge in [-0.3, -0.25) is 0 Å². The predicted molar refractivity (Wildman–Crippen MR) is 78.0 cm³/mol. The number of hydrogen-bond donors (Lipinski definition) is 0. The van der Waals surface area contributed by atoms with E-state index in [2.05, 4.69) is 15.9 Å². The molecule has 0 saturated carbocycles. The van der Waals surface area contributed by atoms with E-state index >= 15 is 0 Å². The average Bonchev–Trinajstić information content (AvgIpc) is 2.24. The zero-order chi connectivity index (χ0) is 14.8. The van der Waals surface area contributed by atoms with Gasteiger partial charge >= 0.3 is 0 Å². The molecule has 6 heteroatoms. The van der Waals surface area contributed by atoms with E-state index in [1.807, 2.05) is 13.8 Å². The van der Waals surface area contributed by atoms with Gasteiger partial charge in [0.25, 0.3) is 0 Å². The first kappa shape index (κ1) is 16.6. The van der Waals surface area contributed by atoms with E-state index in [-0.39, 0.29) is 16.9 Å². The van der Waals surface area contributed by atoms with Gasteiger partial charge in [-0.05, 0) is 38.0 Å². The number of benzene rings is 1. The quantitative estimate of drug-likeness (QED) is 0.811. The second-order valence-corrected chi connectivity index (χ2v) is 7.91. The molecule has 0 aliphatic carbocycles. The van der Waals surface area contributed by atoms with Crippen LogP contribution in [0.4, 0.5) is 4.39 Å². The smallest absolute Gasteiger partial charge is 0.207 e. The van der Waals surface area contributed by atoms with E-state index in [9.17, 15) is 12.8 Å². The van der Waals surface area contributed by atoms with Crippen molar-refractivity contribution >= 4 is 26.0 Å². The molecule has 0 unspecified atom stereocenters. The van der Waals surface area contributed by atoms with E-state index in [0.717, 1.165) is 0 Å². The minimum Gasteiger partial charge on any atom is -0.207 e. The van der Waals surface area contributed by atoms with Crippen LogP contribution in [0.5, 0.6) is 0 Å². The Morgan fingerprint density at radius 2 is 1.84 bits per heavy atom. The predicted octanol–water partition coefficient (Wildman–Crippen LogP) is 3.64. The topological polar surface area (TPSA) is 37.4 Å². The zero-order valence-electron chi connectivity index (χ0n) is 11.5. The molecule has 0 spiro atoms. The Bertz CT molecular complexity index is 544. The molecule has 1 aromatic carbocycles. The maximum absolute atomic E-state index is 13.9. The van der Waals surface area contributed by atoms with Gasteiger partial charge in [0.1, 0.15) is 10.7 Å². The number of hydrogen-bond acceptors (Lipinski definition) is 2. The lowest BCUT2D eigenvalue weighted by molar-refractivity contribution is 0.317. The maximum atomic E-state index is 13.9. The van der Waals surface area contributed by atoms with E-state index in [1.54, 1.807) is 13.8 Å². The summed E-state index contributed by atoms with van der Waals surface area (Å²) in [5.41, 5.74) is 0. The van der Waals surface area contributed by atoms with Crippen LogP contribution in [0.3, 0.4) is 0 Å². The van der Waals surface area contributed by atoms with Crippen LogP contribution in [0.15, 0.2) is 27.6 Å². The molecule has 3 nitrogen and oxygen atoms in total. The summed E-state index contributed by atoms with van der Waals surface area (Å²) in [7, 11) is -3.81. The van der Waals surface area contributed by atoms with Crippen LogP contribution < -0.4 is 0 Å². The largest absolute Gasteiger partial charge is 0.246 e. The lowest BCUT2D eigenvalue weighted by Crippen LogP contribution is -2.39. The van der Waals surface area contributed by atoms with Crippen LogP contribution in [0.25, 0.3) is 0 Å². The van der Waals surface area contributed by atoms with Gasteiger partial charge in [-0.15, -0.1) is 0 Å². The summed E-state index contributed by atoms with van der Waals surface area (Å²) in [6, 6.07) is 3.78. The minimum atomic E-state index is -3.81. The highest BCUT2D eigenvalue weighted by Gasteiger charge is 2.30. The minimum absolute atomic E-state index is 0.177. The molecule has 0 N–H and O–H groups in total. The Kier molecular flexibility index (Phi) is 5.53. The first-order valence-corrected chi connectivity index (χ1v) is 8.36. The molecule has 0 fully saturated rings. The summed E-state index contributed by atoms with van der Waals surface area (Å²) in [5, 5.41) is 0. The normalized spacial score (nSPS) is 12.7. The zero-order valence-corrected chi connectivity index (χ0v) is 13.9. The summed E-state index contributed by atoms with van der Waals surface area (Å²) >= 11 is 3.12. The van der Waals surface area contributed by atoms with Gasteiger partial charge in [-0.25, -0.2) is 12.8 Å². The fraction of sp³-hybridized carbons (Fsp3) is 0.538. The third-order valence-electron chi connectivity index (χ3n) is 2.60. The molecule has 0 atom stereocenters. The lowest BCUT2D eigenvalue weighted by atomic mass is 10.2. The lowest BCUT2D eigenvalue weighted by Gasteiger charge is -2.27.